The molecule has 0 aromatic carbocycles. The zero-order valence-corrected chi connectivity index (χ0v) is 11.6. The number of nitrogens with zero attached hydrogens (tertiary/aromatic N) is 2. The molecule has 0 bridgehead atoms. The van der Waals surface area contributed by atoms with Crippen molar-refractivity contribution in [3.05, 3.63) is 0 Å². The van der Waals surface area contributed by atoms with Crippen LogP contribution < -0.4 is 5.73 Å². The Hall–Kier alpha value is -0.120. The van der Waals surface area contributed by atoms with Gasteiger partial charge < -0.3 is 10.6 Å². The molecule has 0 spiro atoms. The molecule has 2 N–H and O–H groups in total. The lowest BCUT2D eigenvalue weighted by Gasteiger charge is -2.34. The maximum absolute atomic E-state index is 5.98. The smallest absolute Gasteiger partial charge is 0.0194 e. The van der Waals surface area contributed by atoms with Gasteiger partial charge in [-0.2, -0.15) is 0 Å². The van der Waals surface area contributed by atoms with E-state index in [0.717, 1.165) is 12.0 Å². The molecule has 1 saturated carbocycles. The maximum Gasteiger partial charge on any atom is 0.0194 e. The molecule has 1 heterocycles. The van der Waals surface area contributed by atoms with Crippen LogP contribution in [0.5, 0.6) is 0 Å². The third-order valence-electron chi connectivity index (χ3n) is 4.57. The molecule has 0 amide bonds. The van der Waals surface area contributed by atoms with Gasteiger partial charge in [-0.25, -0.2) is 0 Å². The molecule has 1 unspecified atom stereocenters. The highest BCUT2D eigenvalue weighted by Gasteiger charge is 2.25. The van der Waals surface area contributed by atoms with Crippen LogP contribution in [0.15, 0.2) is 0 Å². The number of rotatable bonds is 2. The Morgan fingerprint density at radius 2 is 1.82 bits per heavy atom. The molecule has 3 nitrogen and oxygen atoms in total. The summed E-state index contributed by atoms with van der Waals surface area (Å²) in [4.78, 5) is 5.19. The molecule has 0 aromatic rings. The van der Waals surface area contributed by atoms with E-state index < -0.39 is 0 Å². The second-order valence-corrected chi connectivity index (χ2v) is 6.24. The van der Waals surface area contributed by atoms with Gasteiger partial charge in [-0.1, -0.05) is 0 Å². The third-order valence-corrected chi connectivity index (χ3v) is 4.57. The molecule has 0 radical (unpaired) electrons. The minimum absolute atomic E-state index is 0.485. The normalized spacial score (nSPS) is 37.9. The summed E-state index contributed by atoms with van der Waals surface area (Å²) < 4.78 is 0. The minimum Gasteiger partial charge on any atom is -0.328 e. The van der Waals surface area contributed by atoms with Crippen molar-refractivity contribution in [2.45, 2.75) is 51.1 Å². The number of hydrogen-bond acceptors (Lipinski definition) is 3. The summed E-state index contributed by atoms with van der Waals surface area (Å²) in [6, 6.07) is 1.21. The van der Waals surface area contributed by atoms with Gasteiger partial charge in [0.25, 0.3) is 0 Å². The number of nitrogens with two attached hydrogens (primary N) is 1. The second-order valence-electron chi connectivity index (χ2n) is 6.24. The van der Waals surface area contributed by atoms with Crippen LogP contribution in [0.4, 0.5) is 0 Å². The van der Waals surface area contributed by atoms with E-state index in [-0.39, 0.29) is 0 Å². The van der Waals surface area contributed by atoms with Crippen molar-refractivity contribution in [3.63, 3.8) is 0 Å². The van der Waals surface area contributed by atoms with E-state index in [1.54, 1.807) is 0 Å². The van der Waals surface area contributed by atoms with Crippen LogP contribution in [0.2, 0.25) is 0 Å². The first-order valence-corrected chi connectivity index (χ1v) is 7.33. The van der Waals surface area contributed by atoms with Crippen molar-refractivity contribution in [2.24, 2.45) is 11.7 Å². The van der Waals surface area contributed by atoms with E-state index in [4.69, 9.17) is 5.73 Å². The molecule has 17 heavy (non-hydrogen) atoms. The quantitative estimate of drug-likeness (QED) is 0.793. The highest BCUT2D eigenvalue weighted by molar-refractivity contribution is 4.81. The summed E-state index contributed by atoms with van der Waals surface area (Å²) in [5, 5.41) is 0. The standard InChI is InChI=1S/C14H29N3/c1-12-10-16(2)8-3-9-17(12)11-13-4-6-14(15)7-5-13/h12-14H,3-11,15H2,1-2H3. The number of hydrogen-bond donors (Lipinski definition) is 1. The highest BCUT2D eigenvalue weighted by Crippen LogP contribution is 2.25. The van der Waals surface area contributed by atoms with Crippen molar-refractivity contribution in [1.29, 1.82) is 0 Å². The van der Waals surface area contributed by atoms with Crippen LogP contribution in [0, 0.1) is 5.92 Å². The molecule has 3 heteroatoms. The fraction of sp³-hybridized carbons (Fsp3) is 1.00. The first-order valence-electron chi connectivity index (χ1n) is 7.33. The van der Waals surface area contributed by atoms with Gasteiger partial charge in [0.05, 0.1) is 0 Å². The van der Waals surface area contributed by atoms with Gasteiger partial charge in [0, 0.05) is 25.2 Å². The van der Waals surface area contributed by atoms with Gasteiger partial charge in [0.2, 0.25) is 0 Å². The molecule has 2 aliphatic rings. The van der Waals surface area contributed by atoms with Crippen molar-refractivity contribution in [2.75, 3.05) is 33.2 Å². The van der Waals surface area contributed by atoms with Crippen molar-refractivity contribution < 1.29 is 0 Å². The van der Waals surface area contributed by atoms with Gasteiger partial charge >= 0.3 is 0 Å². The van der Waals surface area contributed by atoms with E-state index in [9.17, 15) is 0 Å². The van der Waals surface area contributed by atoms with E-state index in [1.807, 2.05) is 0 Å². The molecule has 100 valence electrons. The van der Waals surface area contributed by atoms with E-state index >= 15 is 0 Å². The topological polar surface area (TPSA) is 32.5 Å². The Morgan fingerprint density at radius 3 is 2.53 bits per heavy atom. The van der Waals surface area contributed by atoms with Gasteiger partial charge in [-0.3, -0.25) is 4.90 Å². The molecule has 1 saturated heterocycles. The van der Waals surface area contributed by atoms with Gasteiger partial charge in [-0.05, 0) is 65.1 Å². The molecular formula is C14H29N3. The average molecular weight is 239 g/mol. The number of likely N-dealkylation sites (N-methyl/N-ethyl adjacent to an activating group) is 1. The molecular weight excluding hydrogens is 210 g/mol. The Labute approximate surface area is 106 Å². The fourth-order valence-electron chi connectivity index (χ4n) is 3.40. The lowest BCUT2D eigenvalue weighted by Crippen LogP contribution is -2.42. The monoisotopic (exact) mass is 239 g/mol. The van der Waals surface area contributed by atoms with Crippen molar-refractivity contribution >= 4 is 0 Å². The maximum atomic E-state index is 5.98. The second kappa shape index (κ2) is 6.17. The average Bonchev–Trinajstić information content (AvgIpc) is 2.44. The summed E-state index contributed by atoms with van der Waals surface area (Å²) in [7, 11) is 2.25. The first-order chi connectivity index (χ1) is 8.15. The SMILES string of the molecule is CC1CN(C)CCCN1CC1CCC(N)CC1. The molecule has 2 fully saturated rings. The summed E-state index contributed by atoms with van der Waals surface area (Å²) in [6.45, 7) is 7.47. The van der Waals surface area contributed by atoms with Gasteiger partial charge in [0.15, 0.2) is 0 Å². The minimum atomic E-state index is 0.485. The third kappa shape index (κ3) is 3.94. The molecule has 1 aliphatic carbocycles. The van der Waals surface area contributed by atoms with Crippen LogP contribution in [0.3, 0.4) is 0 Å². The Balaban J connectivity index is 1.80. The van der Waals surface area contributed by atoms with E-state index in [0.29, 0.717) is 6.04 Å². The predicted octanol–water partition coefficient (Wildman–Crippen LogP) is 1.53. The lowest BCUT2D eigenvalue weighted by molar-refractivity contribution is 0.152. The van der Waals surface area contributed by atoms with Crippen LogP contribution in [-0.4, -0.2) is 55.1 Å². The highest BCUT2D eigenvalue weighted by atomic mass is 15.2. The Morgan fingerprint density at radius 1 is 1.12 bits per heavy atom. The zero-order valence-electron chi connectivity index (χ0n) is 11.6. The molecule has 1 atom stereocenters. The Bertz CT molecular complexity index is 224. The van der Waals surface area contributed by atoms with Crippen molar-refractivity contribution in [3.8, 4) is 0 Å². The summed E-state index contributed by atoms with van der Waals surface area (Å²) in [5.41, 5.74) is 5.98. The largest absolute Gasteiger partial charge is 0.328 e. The van der Waals surface area contributed by atoms with Crippen LogP contribution in [0.1, 0.15) is 39.0 Å². The van der Waals surface area contributed by atoms with E-state index in [1.165, 1.54) is 58.3 Å². The van der Waals surface area contributed by atoms with Crippen molar-refractivity contribution in [1.82, 2.24) is 9.80 Å². The Kier molecular flexibility index (Phi) is 4.83. The molecule has 0 aromatic heterocycles. The van der Waals surface area contributed by atoms with Gasteiger partial charge in [-0.15, -0.1) is 0 Å². The summed E-state index contributed by atoms with van der Waals surface area (Å²) >= 11 is 0. The summed E-state index contributed by atoms with van der Waals surface area (Å²) in [5.74, 6) is 0.903. The van der Waals surface area contributed by atoms with Crippen LogP contribution >= 0.6 is 0 Å². The predicted molar refractivity (Wildman–Crippen MR) is 73.1 cm³/mol. The zero-order chi connectivity index (χ0) is 12.3. The van der Waals surface area contributed by atoms with E-state index in [2.05, 4.69) is 23.8 Å². The fourth-order valence-corrected chi connectivity index (χ4v) is 3.40. The molecule has 2 rings (SSSR count). The lowest BCUT2D eigenvalue weighted by atomic mass is 9.86. The first kappa shape index (κ1) is 13.3. The van der Waals surface area contributed by atoms with Crippen LogP contribution in [0.25, 0.3) is 0 Å². The van der Waals surface area contributed by atoms with Gasteiger partial charge in [0.1, 0.15) is 0 Å². The molecule has 1 aliphatic heterocycles. The summed E-state index contributed by atoms with van der Waals surface area (Å²) in [6.07, 6.45) is 6.51. The van der Waals surface area contributed by atoms with Crippen LogP contribution in [-0.2, 0) is 0 Å².